The van der Waals surface area contributed by atoms with Crippen molar-refractivity contribution in [2.45, 2.75) is 52.4 Å². The molecule has 0 aliphatic heterocycles. The number of hydrogen-bond donors (Lipinski definition) is 0. The van der Waals surface area contributed by atoms with Crippen LogP contribution in [0.15, 0.2) is 0 Å². The number of unbranched alkanes of at least 4 members (excludes halogenated alkanes) is 4. The molecule has 0 rings (SSSR count). The first kappa shape index (κ1) is 11.1. The van der Waals surface area contributed by atoms with Crippen LogP contribution in [-0.4, -0.2) is 0 Å². The molecule has 0 fully saturated rings. The predicted octanol–water partition coefficient (Wildman–Crippen LogP) is 3.37. The summed E-state index contributed by atoms with van der Waals surface area (Å²) >= 11 is 0. The van der Waals surface area contributed by atoms with Crippen LogP contribution in [0.5, 0.6) is 0 Å². The lowest BCUT2D eigenvalue weighted by molar-refractivity contribution is 0.827. The monoisotopic (exact) mass is 162 g/mol. The van der Waals surface area contributed by atoms with Crippen molar-refractivity contribution < 1.29 is 0 Å². The van der Waals surface area contributed by atoms with Gasteiger partial charge in [0.1, 0.15) is 0 Å². The second kappa shape index (κ2) is 10.1. The third-order valence-corrected chi connectivity index (χ3v) is 1.55. The van der Waals surface area contributed by atoms with Gasteiger partial charge in [0.05, 0.1) is 0 Å². The van der Waals surface area contributed by atoms with Gasteiger partial charge in [0.15, 0.2) is 0 Å². The molecule has 0 aromatic carbocycles. The summed E-state index contributed by atoms with van der Waals surface area (Å²) in [5.74, 6) is 11.8. The normalized spacial score (nSPS) is 7.83. The lowest BCUT2D eigenvalue weighted by Crippen LogP contribution is -1.67. The maximum Gasteiger partial charge on any atom is 0.00988 e. The Balaban J connectivity index is 3.32. The smallest absolute Gasteiger partial charge is 0.00988 e. The Morgan fingerprint density at radius 3 is 1.50 bits per heavy atom. The molecular formula is C12H18. The predicted molar refractivity (Wildman–Crippen MR) is 54.6 cm³/mol. The molecule has 0 N–H and O–H groups in total. The standard InChI is InChI=1S/C12H18/c1-3-5-7-9-11-12-10-8-6-4-2/h3-8H2,1-2H3. The first-order valence-corrected chi connectivity index (χ1v) is 4.87. The first-order valence-electron chi connectivity index (χ1n) is 4.87. The number of hydrogen-bond acceptors (Lipinski definition) is 0. The van der Waals surface area contributed by atoms with Crippen LogP contribution in [0.2, 0.25) is 0 Å². The summed E-state index contributed by atoms with van der Waals surface area (Å²) in [5, 5.41) is 0. The van der Waals surface area contributed by atoms with Gasteiger partial charge in [-0.1, -0.05) is 38.5 Å². The van der Waals surface area contributed by atoms with Gasteiger partial charge in [-0.3, -0.25) is 0 Å². The summed E-state index contributed by atoms with van der Waals surface area (Å²) in [6.45, 7) is 4.35. The van der Waals surface area contributed by atoms with E-state index in [9.17, 15) is 0 Å². The highest BCUT2D eigenvalue weighted by molar-refractivity contribution is 5.25. The van der Waals surface area contributed by atoms with Gasteiger partial charge in [0.25, 0.3) is 0 Å². The highest BCUT2D eigenvalue weighted by Crippen LogP contribution is 1.91. The van der Waals surface area contributed by atoms with Crippen LogP contribution in [0.3, 0.4) is 0 Å². The average Bonchev–Trinajstić information content (AvgIpc) is 2.10. The van der Waals surface area contributed by atoms with Crippen molar-refractivity contribution in [2.75, 3.05) is 0 Å². The fourth-order valence-corrected chi connectivity index (χ4v) is 0.744. The van der Waals surface area contributed by atoms with Crippen LogP contribution in [0.4, 0.5) is 0 Å². The van der Waals surface area contributed by atoms with E-state index in [0.717, 1.165) is 12.8 Å². The van der Waals surface area contributed by atoms with Crippen LogP contribution < -0.4 is 0 Å². The van der Waals surface area contributed by atoms with E-state index in [1.165, 1.54) is 25.7 Å². The molecule has 0 aliphatic carbocycles. The van der Waals surface area contributed by atoms with E-state index in [-0.39, 0.29) is 0 Å². The van der Waals surface area contributed by atoms with Gasteiger partial charge in [0, 0.05) is 12.8 Å². The molecule has 0 atom stereocenters. The van der Waals surface area contributed by atoms with Crippen molar-refractivity contribution in [3.63, 3.8) is 0 Å². The average molecular weight is 162 g/mol. The first-order chi connectivity index (χ1) is 5.91. The number of rotatable bonds is 4. The summed E-state index contributed by atoms with van der Waals surface area (Å²) in [7, 11) is 0. The summed E-state index contributed by atoms with van der Waals surface area (Å²) in [6, 6.07) is 0. The molecule has 0 amide bonds. The highest BCUT2D eigenvalue weighted by Gasteiger charge is 1.75. The van der Waals surface area contributed by atoms with Crippen molar-refractivity contribution in [1.29, 1.82) is 0 Å². The molecule has 66 valence electrons. The molecule has 0 spiro atoms. The third-order valence-electron chi connectivity index (χ3n) is 1.55. The Morgan fingerprint density at radius 1 is 0.750 bits per heavy atom. The Bertz CT molecular complexity index is 168. The molecular weight excluding hydrogens is 144 g/mol. The van der Waals surface area contributed by atoms with Crippen LogP contribution >= 0.6 is 0 Å². The molecule has 0 nitrogen and oxygen atoms in total. The molecule has 0 aromatic rings. The molecule has 0 heteroatoms. The summed E-state index contributed by atoms with van der Waals surface area (Å²) in [5.41, 5.74) is 0. The Kier molecular flexibility index (Phi) is 9.38. The van der Waals surface area contributed by atoms with Crippen LogP contribution in [0.25, 0.3) is 0 Å². The van der Waals surface area contributed by atoms with E-state index in [4.69, 9.17) is 0 Å². The molecule has 0 aromatic heterocycles. The molecule has 12 heavy (non-hydrogen) atoms. The van der Waals surface area contributed by atoms with Crippen molar-refractivity contribution in [3.8, 4) is 23.7 Å². The zero-order valence-corrected chi connectivity index (χ0v) is 8.24. The third kappa shape index (κ3) is 9.12. The molecule has 0 saturated heterocycles. The maximum absolute atomic E-state index is 3.04. The van der Waals surface area contributed by atoms with Crippen molar-refractivity contribution in [3.05, 3.63) is 0 Å². The summed E-state index contributed by atoms with van der Waals surface area (Å²) in [4.78, 5) is 0. The van der Waals surface area contributed by atoms with Gasteiger partial charge in [-0.25, -0.2) is 0 Å². The maximum atomic E-state index is 3.04. The molecule has 0 saturated carbocycles. The highest BCUT2D eigenvalue weighted by atomic mass is 13.8. The lowest BCUT2D eigenvalue weighted by Gasteiger charge is -1.82. The minimum atomic E-state index is 0.999. The quantitative estimate of drug-likeness (QED) is 0.439. The van der Waals surface area contributed by atoms with Gasteiger partial charge in [-0.2, -0.15) is 0 Å². The van der Waals surface area contributed by atoms with E-state index in [1.54, 1.807) is 0 Å². The minimum absolute atomic E-state index is 0.999. The Labute approximate surface area is 76.8 Å². The van der Waals surface area contributed by atoms with E-state index in [1.807, 2.05) is 0 Å². The van der Waals surface area contributed by atoms with Gasteiger partial charge in [-0.15, -0.1) is 0 Å². The van der Waals surface area contributed by atoms with Crippen molar-refractivity contribution in [2.24, 2.45) is 0 Å². The van der Waals surface area contributed by atoms with Crippen LogP contribution in [0.1, 0.15) is 52.4 Å². The van der Waals surface area contributed by atoms with Crippen molar-refractivity contribution in [1.82, 2.24) is 0 Å². The van der Waals surface area contributed by atoms with E-state index in [0.29, 0.717) is 0 Å². The SMILES string of the molecule is CCCCC#CC#CCCCC. The van der Waals surface area contributed by atoms with Gasteiger partial charge < -0.3 is 0 Å². The van der Waals surface area contributed by atoms with Gasteiger partial charge in [0.2, 0.25) is 0 Å². The second-order valence-corrected chi connectivity index (χ2v) is 2.81. The van der Waals surface area contributed by atoms with Crippen LogP contribution in [0, 0.1) is 23.7 Å². The fraction of sp³-hybridized carbons (Fsp3) is 0.667. The zero-order valence-electron chi connectivity index (χ0n) is 8.24. The molecule has 0 radical (unpaired) electrons. The van der Waals surface area contributed by atoms with Gasteiger partial charge >= 0.3 is 0 Å². The van der Waals surface area contributed by atoms with E-state index < -0.39 is 0 Å². The Morgan fingerprint density at radius 2 is 1.17 bits per heavy atom. The van der Waals surface area contributed by atoms with E-state index in [2.05, 4.69) is 37.5 Å². The van der Waals surface area contributed by atoms with E-state index >= 15 is 0 Å². The topological polar surface area (TPSA) is 0 Å². The lowest BCUT2D eigenvalue weighted by atomic mass is 10.2. The van der Waals surface area contributed by atoms with Crippen LogP contribution in [-0.2, 0) is 0 Å². The fourth-order valence-electron chi connectivity index (χ4n) is 0.744. The van der Waals surface area contributed by atoms with Crippen molar-refractivity contribution >= 4 is 0 Å². The molecule has 0 heterocycles. The molecule has 0 aliphatic rings. The minimum Gasteiger partial charge on any atom is -0.0891 e. The Hall–Kier alpha value is -0.880. The summed E-state index contributed by atoms with van der Waals surface area (Å²) in [6.07, 6.45) is 6.83. The van der Waals surface area contributed by atoms with Gasteiger partial charge in [-0.05, 0) is 24.7 Å². The largest absolute Gasteiger partial charge is 0.0891 e. The molecule has 0 unspecified atom stereocenters. The zero-order chi connectivity index (χ0) is 9.07. The summed E-state index contributed by atoms with van der Waals surface area (Å²) < 4.78 is 0. The second-order valence-electron chi connectivity index (χ2n) is 2.81. The molecule has 0 bridgehead atoms.